The van der Waals surface area contributed by atoms with Crippen LogP contribution in [0.25, 0.3) is 0 Å². The largest absolute Gasteiger partial charge is 0.342 e. The van der Waals surface area contributed by atoms with E-state index >= 15 is 0 Å². The van der Waals surface area contributed by atoms with E-state index in [1.807, 2.05) is 23.7 Å². The van der Waals surface area contributed by atoms with Crippen LogP contribution in [0.15, 0.2) is 0 Å². The number of carbonyl (C=O) groups excluding carboxylic acids is 1. The van der Waals surface area contributed by atoms with Crippen LogP contribution in [0, 0.1) is 0 Å². The van der Waals surface area contributed by atoms with E-state index in [1.165, 1.54) is 32.1 Å². The van der Waals surface area contributed by atoms with E-state index < -0.39 is 0 Å². The second-order valence-corrected chi connectivity index (χ2v) is 6.14. The minimum atomic E-state index is 0.327. The Morgan fingerprint density at radius 2 is 2.00 bits per heavy atom. The molecule has 1 aliphatic carbocycles. The van der Waals surface area contributed by atoms with Gasteiger partial charge in [0, 0.05) is 18.3 Å². The molecule has 0 unspecified atom stereocenters. The molecule has 4 heteroatoms. The molecule has 0 atom stereocenters. The van der Waals surface area contributed by atoms with E-state index in [1.54, 1.807) is 0 Å². The van der Waals surface area contributed by atoms with Crippen molar-refractivity contribution >= 4 is 17.7 Å². The third kappa shape index (κ3) is 3.14. The summed E-state index contributed by atoms with van der Waals surface area (Å²) in [7, 11) is 1.97. The molecule has 2 rings (SSSR count). The quantitative estimate of drug-likeness (QED) is 0.810. The Balaban J connectivity index is 1.65. The van der Waals surface area contributed by atoms with Gasteiger partial charge in [-0.2, -0.15) is 0 Å². The Labute approximate surface area is 102 Å². The number of nitrogens with one attached hydrogen (secondary N) is 1. The molecule has 1 N–H and O–H groups in total. The highest BCUT2D eigenvalue weighted by molar-refractivity contribution is 8.00. The maximum absolute atomic E-state index is 11.9. The summed E-state index contributed by atoms with van der Waals surface area (Å²) in [5.74, 6) is 1.01. The summed E-state index contributed by atoms with van der Waals surface area (Å²) in [4.78, 5) is 13.9. The molecule has 0 aromatic carbocycles. The van der Waals surface area contributed by atoms with Gasteiger partial charge in [0.2, 0.25) is 5.91 Å². The van der Waals surface area contributed by atoms with Gasteiger partial charge in [0.15, 0.2) is 0 Å². The van der Waals surface area contributed by atoms with E-state index in [2.05, 4.69) is 5.32 Å². The number of nitrogens with zero attached hydrogens (tertiary/aromatic N) is 1. The van der Waals surface area contributed by atoms with Crippen molar-refractivity contribution in [2.75, 3.05) is 25.9 Å². The second kappa shape index (κ2) is 5.92. The number of rotatable bonds is 4. The van der Waals surface area contributed by atoms with E-state index in [0.29, 0.717) is 23.0 Å². The molecule has 2 fully saturated rings. The molecule has 0 radical (unpaired) electrons. The molecule has 2 aliphatic rings. The zero-order chi connectivity index (χ0) is 11.4. The number of hydrogen-bond donors (Lipinski definition) is 1. The van der Waals surface area contributed by atoms with Crippen molar-refractivity contribution in [3.05, 3.63) is 0 Å². The monoisotopic (exact) mass is 242 g/mol. The number of thioether (sulfide) groups is 1. The molecule has 0 spiro atoms. The van der Waals surface area contributed by atoms with Crippen LogP contribution in [-0.4, -0.2) is 48.0 Å². The van der Waals surface area contributed by atoms with Crippen molar-refractivity contribution in [3.8, 4) is 0 Å². The average molecular weight is 242 g/mol. The number of carbonyl (C=O) groups is 1. The normalized spacial score (nSPS) is 22.8. The van der Waals surface area contributed by atoms with Crippen molar-refractivity contribution in [2.24, 2.45) is 0 Å². The van der Waals surface area contributed by atoms with Crippen LogP contribution in [0.3, 0.4) is 0 Å². The molecule has 0 aromatic rings. The number of hydrogen-bond acceptors (Lipinski definition) is 3. The zero-order valence-corrected chi connectivity index (χ0v) is 10.9. The predicted molar refractivity (Wildman–Crippen MR) is 68.8 cm³/mol. The van der Waals surface area contributed by atoms with Crippen LogP contribution in [0.2, 0.25) is 0 Å². The summed E-state index contributed by atoms with van der Waals surface area (Å²) in [5.41, 5.74) is 0. The smallest absolute Gasteiger partial charge is 0.232 e. The average Bonchev–Trinajstić information content (AvgIpc) is 2.25. The van der Waals surface area contributed by atoms with Gasteiger partial charge in [-0.25, -0.2) is 0 Å². The molecule has 92 valence electrons. The first kappa shape index (κ1) is 12.2. The lowest BCUT2D eigenvalue weighted by atomic mass is 9.92. The Kier molecular flexibility index (Phi) is 4.53. The predicted octanol–water partition coefficient (Wildman–Crippen LogP) is 1.48. The number of amides is 1. The third-order valence-corrected chi connectivity index (χ3v) is 5.10. The second-order valence-electron chi connectivity index (χ2n) is 4.85. The Bertz CT molecular complexity index is 237. The Hall–Kier alpha value is -0.220. The van der Waals surface area contributed by atoms with Crippen molar-refractivity contribution < 1.29 is 4.79 Å². The summed E-state index contributed by atoms with van der Waals surface area (Å²) in [6, 6.07) is 0.543. The molecule has 1 saturated carbocycles. The fourth-order valence-corrected chi connectivity index (χ4v) is 3.38. The number of piperidine rings is 1. The van der Waals surface area contributed by atoms with Crippen molar-refractivity contribution in [2.45, 2.75) is 43.4 Å². The molecular weight excluding hydrogens is 220 g/mol. The highest BCUT2D eigenvalue weighted by Crippen LogP contribution is 2.25. The molecule has 0 bridgehead atoms. The van der Waals surface area contributed by atoms with Crippen LogP contribution in [0.5, 0.6) is 0 Å². The van der Waals surface area contributed by atoms with Crippen LogP contribution in [-0.2, 0) is 4.79 Å². The van der Waals surface area contributed by atoms with Crippen molar-refractivity contribution in [3.63, 3.8) is 0 Å². The Morgan fingerprint density at radius 1 is 1.31 bits per heavy atom. The van der Waals surface area contributed by atoms with Gasteiger partial charge in [0.25, 0.3) is 0 Å². The van der Waals surface area contributed by atoms with Gasteiger partial charge in [0.1, 0.15) is 0 Å². The molecule has 1 amide bonds. The standard InChI is InChI=1S/C12H22N2OS/c1-14(10-3-2-4-10)12(15)9-16-11-5-7-13-8-6-11/h10-11,13H,2-9H2,1H3. The lowest BCUT2D eigenvalue weighted by molar-refractivity contribution is -0.130. The van der Waals surface area contributed by atoms with Crippen LogP contribution < -0.4 is 5.32 Å². The van der Waals surface area contributed by atoms with E-state index in [9.17, 15) is 4.79 Å². The van der Waals surface area contributed by atoms with E-state index in [0.717, 1.165) is 13.1 Å². The van der Waals surface area contributed by atoms with Gasteiger partial charge in [-0.1, -0.05) is 0 Å². The summed E-state index contributed by atoms with van der Waals surface area (Å²) in [5, 5.41) is 4.05. The van der Waals surface area contributed by atoms with Gasteiger partial charge < -0.3 is 10.2 Å². The van der Waals surface area contributed by atoms with Gasteiger partial charge in [-0.3, -0.25) is 4.79 Å². The van der Waals surface area contributed by atoms with Crippen LogP contribution >= 0.6 is 11.8 Å². The SMILES string of the molecule is CN(C(=O)CSC1CCNCC1)C1CCC1. The zero-order valence-electron chi connectivity index (χ0n) is 10.1. The molecule has 1 heterocycles. The molecule has 0 aromatic heterocycles. The first-order valence-electron chi connectivity index (χ1n) is 6.35. The van der Waals surface area contributed by atoms with Gasteiger partial charge in [-0.05, 0) is 45.2 Å². The van der Waals surface area contributed by atoms with E-state index in [-0.39, 0.29) is 0 Å². The fraction of sp³-hybridized carbons (Fsp3) is 0.917. The Morgan fingerprint density at radius 3 is 2.56 bits per heavy atom. The molecule has 3 nitrogen and oxygen atoms in total. The lowest BCUT2D eigenvalue weighted by Crippen LogP contribution is -2.42. The first-order valence-corrected chi connectivity index (χ1v) is 7.40. The summed E-state index contributed by atoms with van der Waals surface area (Å²) in [6.45, 7) is 2.23. The van der Waals surface area contributed by atoms with Crippen molar-refractivity contribution in [1.29, 1.82) is 0 Å². The molecule has 1 aliphatic heterocycles. The molecule has 1 saturated heterocycles. The highest BCUT2D eigenvalue weighted by Gasteiger charge is 2.26. The maximum Gasteiger partial charge on any atom is 0.232 e. The lowest BCUT2D eigenvalue weighted by Gasteiger charge is -2.35. The van der Waals surface area contributed by atoms with Gasteiger partial charge in [-0.15, -0.1) is 11.8 Å². The summed E-state index contributed by atoms with van der Waals surface area (Å²) < 4.78 is 0. The third-order valence-electron chi connectivity index (χ3n) is 3.74. The highest BCUT2D eigenvalue weighted by atomic mass is 32.2. The summed E-state index contributed by atoms with van der Waals surface area (Å²) in [6.07, 6.45) is 6.14. The molecule has 16 heavy (non-hydrogen) atoms. The van der Waals surface area contributed by atoms with Gasteiger partial charge in [0.05, 0.1) is 5.75 Å². The minimum absolute atomic E-state index is 0.327. The van der Waals surface area contributed by atoms with Crippen molar-refractivity contribution in [1.82, 2.24) is 10.2 Å². The maximum atomic E-state index is 11.9. The topological polar surface area (TPSA) is 32.3 Å². The minimum Gasteiger partial charge on any atom is -0.342 e. The first-order chi connectivity index (χ1) is 7.77. The van der Waals surface area contributed by atoms with Crippen LogP contribution in [0.4, 0.5) is 0 Å². The van der Waals surface area contributed by atoms with Crippen LogP contribution in [0.1, 0.15) is 32.1 Å². The van der Waals surface area contributed by atoms with E-state index in [4.69, 9.17) is 0 Å². The fourth-order valence-electron chi connectivity index (χ4n) is 2.23. The van der Waals surface area contributed by atoms with Gasteiger partial charge >= 0.3 is 0 Å². The summed E-state index contributed by atoms with van der Waals surface area (Å²) >= 11 is 1.85. The molecular formula is C12H22N2OS.